The van der Waals surface area contributed by atoms with Gasteiger partial charge in [0.1, 0.15) is 0 Å². The SMILES string of the molecule is C=C(C)CCOc1nc(NCCC)nc(OC(C)C)n1. The van der Waals surface area contributed by atoms with E-state index in [-0.39, 0.29) is 18.1 Å². The fourth-order valence-corrected chi connectivity index (χ4v) is 1.30. The van der Waals surface area contributed by atoms with E-state index in [4.69, 9.17) is 9.47 Å². The lowest BCUT2D eigenvalue weighted by Gasteiger charge is -2.11. The van der Waals surface area contributed by atoms with Gasteiger partial charge in [-0.1, -0.05) is 12.5 Å². The van der Waals surface area contributed by atoms with Crippen LogP contribution in [0.4, 0.5) is 5.95 Å². The summed E-state index contributed by atoms with van der Waals surface area (Å²) in [6.45, 7) is 13.0. The molecule has 0 amide bonds. The molecular formula is C14H24N4O2. The molecular weight excluding hydrogens is 256 g/mol. The molecule has 6 nitrogen and oxygen atoms in total. The third kappa shape index (κ3) is 6.36. The number of anilines is 1. The molecule has 6 heteroatoms. The lowest BCUT2D eigenvalue weighted by molar-refractivity contribution is 0.213. The maximum absolute atomic E-state index is 5.52. The van der Waals surface area contributed by atoms with Crippen LogP contribution < -0.4 is 14.8 Å². The van der Waals surface area contributed by atoms with Crippen LogP contribution in [0.5, 0.6) is 12.0 Å². The zero-order valence-electron chi connectivity index (χ0n) is 12.8. The first-order valence-electron chi connectivity index (χ1n) is 6.95. The van der Waals surface area contributed by atoms with Crippen molar-refractivity contribution in [2.45, 2.75) is 46.6 Å². The van der Waals surface area contributed by atoms with Crippen molar-refractivity contribution in [1.29, 1.82) is 0 Å². The Kier molecular flexibility index (Phi) is 6.76. The number of ether oxygens (including phenoxy) is 2. The van der Waals surface area contributed by atoms with Crippen molar-refractivity contribution in [2.75, 3.05) is 18.5 Å². The molecule has 1 aromatic rings. The summed E-state index contributed by atoms with van der Waals surface area (Å²) in [7, 11) is 0. The zero-order valence-corrected chi connectivity index (χ0v) is 12.8. The van der Waals surface area contributed by atoms with Crippen LogP contribution in [-0.4, -0.2) is 34.2 Å². The Morgan fingerprint density at radius 2 is 1.95 bits per heavy atom. The highest BCUT2D eigenvalue weighted by molar-refractivity contribution is 5.27. The Morgan fingerprint density at radius 3 is 2.55 bits per heavy atom. The first-order valence-corrected chi connectivity index (χ1v) is 6.95. The van der Waals surface area contributed by atoms with Crippen molar-refractivity contribution in [3.8, 4) is 12.0 Å². The second-order valence-corrected chi connectivity index (χ2v) is 4.87. The molecule has 0 radical (unpaired) electrons. The molecule has 0 fully saturated rings. The fourth-order valence-electron chi connectivity index (χ4n) is 1.30. The molecule has 1 rings (SSSR count). The van der Waals surface area contributed by atoms with E-state index in [1.165, 1.54) is 0 Å². The quantitative estimate of drug-likeness (QED) is 0.701. The second kappa shape index (κ2) is 8.35. The minimum Gasteiger partial charge on any atom is -0.463 e. The summed E-state index contributed by atoms with van der Waals surface area (Å²) >= 11 is 0. The van der Waals surface area contributed by atoms with E-state index >= 15 is 0 Å². The van der Waals surface area contributed by atoms with E-state index < -0.39 is 0 Å². The lowest BCUT2D eigenvalue weighted by Crippen LogP contribution is -2.13. The van der Waals surface area contributed by atoms with E-state index in [0.29, 0.717) is 12.6 Å². The van der Waals surface area contributed by atoms with Crippen LogP contribution in [-0.2, 0) is 0 Å². The average molecular weight is 280 g/mol. The van der Waals surface area contributed by atoms with Crippen LogP contribution in [0, 0.1) is 0 Å². The summed E-state index contributed by atoms with van der Waals surface area (Å²) in [6, 6.07) is 0.550. The number of nitrogens with one attached hydrogen (secondary N) is 1. The van der Waals surface area contributed by atoms with Crippen molar-refractivity contribution in [1.82, 2.24) is 15.0 Å². The highest BCUT2D eigenvalue weighted by Crippen LogP contribution is 2.14. The first-order chi connectivity index (χ1) is 9.51. The van der Waals surface area contributed by atoms with Crippen LogP contribution in [0.3, 0.4) is 0 Å². The number of hydrogen-bond acceptors (Lipinski definition) is 6. The Bertz CT molecular complexity index is 435. The summed E-state index contributed by atoms with van der Waals surface area (Å²) in [5, 5.41) is 3.11. The maximum atomic E-state index is 5.52. The van der Waals surface area contributed by atoms with E-state index in [9.17, 15) is 0 Å². The van der Waals surface area contributed by atoms with Crippen molar-refractivity contribution in [2.24, 2.45) is 0 Å². The largest absolute Gasteiger partial charge is 0.463 e. The zero-order chi connectivity index (χ0) is 15.0. The highest BCUT2D eigenvalue weighted by Gasteiger charge is 2.09. The van der Waals surface area contributed by atoms with Gasteiger partial charge in [0.25, 0.3) is 0 Å². The standard InChI is InChI=1S/C14H24N4O2/c1-6-8-15-12-16-13(19-9-7-10(2)3)18-14(17-12)20-11(4)5/h11H,2,6-9H2,1,3-5H3,(H,15,16,17,18). The lowest BCUT2D eigenvalue weighted by atomic mass is 10.3. The highest BCUT2D eigenvalue weighted by atomic mass is 16.5. The van der Waals surface area contributed by atoms with E-state index in [2.05, 4.69) is 33.8 Å². The van der Waals surface area contributed by atoms with Gasteiger partial charge in [-0.05, 0) is 27.2 Å². The first kappa shape index (κ1) is 16.2. The Hall–Kier alpha value is -1.85. The van der Waals surface area contributed by atoms with Gasteiger partial charge < -0.3 is 14.8 Å². The van der Waals surface area contributed by atoms with Gasteiger partial charge in [-0.2, -0.15) is 9.97 Å². The molecule has 1 aromatic heterocycles. The molecule has 0 atom stereocenters. The molecule has 0 aromatic carbocycles. The summed E-state index contributed by atoms with van der Waals surface area (Å²) in [4.78, 5) is 12.6. The van der Waals surface area contributed by atoms with Crippen LogP contribution >= 0.6 is 0 Å². The monoisotopic (exact) mass is 280 g/mol. The topological polar surface area (TPSA) is 69.2 Å². The van der Waals surface area contributed by atoms with Crippen molar-refractivity contribution in [3.05, 3.63) is 12.2 Å². The smallest absolute Gasteiger partial charge is 0.324 e. The van der Waals surface area contributed by atoms with Crippen LogP contribution in [0.15, 0.2) is 12.2 Å². The van der Waals surface area contributed by atoms with Crippen molar-refractivity contribution in [3.63, 3.8) is 0 Å². The molecule has 1 N–H and O–H groups in total. The summed E-state index contributed by atoms with van der Waals surface area (Å²) in [6.07, 6.45) is 1.75. The average Bonchev–Trinajstić information content (AvgIpc) is 2.35. The molecule has 0 aliphatic carbocycles. The van der Waals surface area contributed by atoms with Gasteiger partial charge in [0.2, 0.25) is 5.95 Å². The van der Waals surface area contributed by atoms with Gasteiger partial charge >= 0.3 is 12.0 Å². The Morgan fingerprint density at radius 1 is 1.25 bits per heavy atom. The molecule has 0 aliphatic heterocycles. The van der Waals surface area contributed by atoms with Gasteiger partial charge in [0.05, 0.1) is 12.7 Å². The third-order valence-electron chi connectivity index (χ3n) is 2.23. The van der Waals surface area contributed by atoms with Gasteiger partial charge in [-0.15, -0.1) is 11.6 Å². The van der Waals surface area contributed by atoms with Crippen molar-refractivity contribution >= 4 is 5.95 Å². The molecule has 0 bridgehead atoms. The van der Waals surface area contributed by atoms with Gasteiger partial charge in [-0.3, -0.25) is 0 Å². The van der Waals surface area contributed by atoms with Gasteiger partial charge in [-0.25, -0.2) is 0 Å². The van der Waals surface area contributed by atoms with Gasteiger partial charge in [0.15, 0.2) is 0 Å². The van der Waals surface area contributed by atoms with Crippen LogP contribution in [0.1, 0.15) is 40.5 Å². The predicted octanol–water partition coefficient (Wildman–Crippen LogP) is 2.83. The Balaban J connectivity index is 2.76. The fraction of sp³-hybridized carbons (Fsp3) is 0.643. The van der Waals surface area contributed by atoms with Crippen LogP contribution in [0.25, 0.3) is 0 Å². The van der Waals surface area contributed by atoms with E-state index in [0.717, 1.165) is 25.0 Å². The second-order valence-electron chi connectivity index (χ2n) is 4.87. The number of nitrogens with zero attached hydrogens (tertiary/aromatic N) is 3. The van der Waals surface area contributed by atoms with Crippen LogP contribution in [0.2, 0.25) is 0 Å². The number of rotatable bonds is 9. The van der Waals surface area contributed by atoms with Crippen molar-refractivity contribution < 1.29 is 9.47 Å². The molecule has 1 heterocycles. The molecule has 0 saturated carbocycles. The molecule has 0 saturated heterocycles. The normalized spacial score (nSPS) is 10.4. The molecule has 0 spiro atoms. The predicted molar refractivity (Wildman–Crippen MR) is 79.3 cm³/mol. The minimum absolute atomic E-state index is 0.000283. The molecule has 0 unspecified atom stereocenters. The number of hydrogen-bond donors (Lipinski definition) is 1. The molecule has 20 heavy (non-hydrogen) atoms. The number of aromatic nitrogens is 3. The van der Waals surface area contributed by atoms with E-state index in [1.54, 1.807) is 0 Å². The van der Waals surface area contributed by atoms with E-state index in [1.807, 2.05) is 20.8 Å². The minimum atomic E-state index is -0.000283. The molecule has 112 valence electrons. The summed E-state index contributed by atoms with van der Waals surface area (Å²) in [5.41, 5.74) is 1.06. The third-order valence-corrected chi connectivity index (χ3v) is 2.23. The Labute approximate surface area is 120 Å². The maximum Gasteiger partial charge on any atom is 0.324 e. The summed E-state index contributed by atoms with van der Waals surface area (Å²) in [5.74, 6) is 0.475. The summed E-state index contributed by atoms with van der Waals surface area (Å²) < 4.78 is 11.0. The van der Waals surface area contributed by atoms with Gasteiger partial charge in [0, 0.05) is 13.0 Å². The molecule has 0 aliphatic rings.